The summed E-state index contributed by atoms with van der Waals surface area (Å²) in [5, 5.41) is 5.19. The first-order chi connectivity index (χ1) is 9.92. The number of nitrogens with zero attached hydrogens (tertiary/aromatic N) is 1. The summed E-state index contributed by atoms with van der Waals surface area (Å²) < 4.78 is 11.2. The van der Waals surface area contributed by atoms with Crippen LogP contribution in [0.4, 0.5) is 0 Å². The number of hydrogen-bond donors (Lipinski definition) is 0. The van der Waals surface area contributed by atoms with Gasteiger partial charge in [-0.25, -0.2) is 0 Å². The van der Waals surface area contributed by atoms with Crippen LogP contribution in [0.25, 0.3) is 22.2 Å². The van der Waals surface area contributed by atoms with Crippen LogP contribution in [0, 0.1) is 0 Å². The molecule has 1 saturated heterocycles. The average molecular weight is 283 g/mol. The maximum atomic E-state index is 5.72. The predicted octanol–water partition coefficient (Wildman–Crippen LogP) is 4.26. The van der Waals surface area contributed by atoms with E-state index in [0.29, 0.717) is 0 Å². The van der Waals surface area contributed by atoms with E-state index in [1.165, 1.54) is 5.56 Å². The highest BCUT2D eigenvalue weighted by atomic mass is 32.2. The van der Waals surface area contributed by atoms with E-state index in [9.17, 15) is 0 Å². The third-order valence-corrected chi connectivity index (χ3v) is 4.54. The molecule has 1 fully saturated rings. The number of ether oxygens (including phenoxy) is 1. The lowest BCUT2D eigenvalue weighted by molar-refractivity contribution is 0.145. The quantitative estimate of drug-likeness (QED) is 0.704. The van der Waals surface area contributed by atoms with Crippen LogP contribution in [0.5, 0.6) is 0 Å². The van der Waals surface area contributed by atoms with E-state index >= 15 is 0 Å². The van der Waals surface area contributed by atoms with E-state index in [4.69, 9.17) is 9.26 Å². The van der Waals surface area contributed by atoms with Crippen LogP contribution in [0.1, 0.15) is 11.0 Å². The SMILES string of the molecule is c1ccc(-c2onc3ccc(C4OCCS4)cc23)cc1. The molecule has 3 nitrogen and oxygen atoms in total. The van der Waals surface area contributed by atoms with Gasteiger partial charge in [-0.3, -0.25) is 0 Å². The van der Waals surface area contributed by atoms with Gasteiger partial charge in [-0.05, 0) is 17.7 Å². The lowest BCUT2D eigenvalue weighted by atomic mass is 10.1. The Kier molecular flexibility index (Phi) is 2.98. The molecule has 4 heteroatoms. The molecule has 1 aromatic heterocycles. The fraction of sp³-hybridized carbons (Fsp3) is 0.188. The van der Waals surface area contributed by atoms with Gasteiger partial charge in [0.1, 0.15) is 11.0 Å². The van der Waals surface area contributed by atoms with Crippen LogP contribution in [0.2, 0.25) is 0 Å². The largest absolute Gasteiger partial charge is 0.362 e. The summed E-state index contributed by atoms with van der Waals surface area (Å²) in [5.74, 6) is 1.88. The van der Waals surface area contributed by atoms with Gasteiger partial charge >= 0.3 is 0 Å². The van der Waals surface area contributed by atoms with Crippen LogP contribution in [0.15, 0.2) is 53.1 Å². The second kappa shape index (κ2) is 4.96. The lowest BCUT2D eigenvalue weighted by Crippen LogP contribution is -1.92. The minimum absolute atomic E-state index is 0.137. The molecule has 0 aliphatic carbocycles. The van der Waals surface area contributed by atoms with E-state index in [1.54, 1.807) is 0 Å². The standard InChI is InChI=1S/C16H13NO2S/c1-2-4-11(5-3-1)15-13-10-12(16-18-8-9-20-16)6-7-14(13)17-19-15/h1-7,10,16H,8-9H2. The number of hydrogen-bond acceptors (Lipinski definition) is 4. The van der Waals surface area contributed by atoms with Crippen LogP contribution in [-0.2, 0) is 4.74 Å². The average Bonchev–Trinajstić information content (AvgIpc) is 3.17. The molecule has 1 atom stereocenters. The summed E-state index contributed by atoms with van der Waals surface area (Å²) in [6.45, 7) is 0.822. The van der Waals surface area contributed by atoms with Crippen molar-refractivity contribution >= 4 is 22.7 Å². The first-order valence-corrected chi connectivity index (χ1v) is 7.65. The number of rotatable bonds is 2. The molecule has 0 saturated carbocycles. The predicted molar refractivity (Wildman–Crippen MR) is 80.6 cm³/mol. The molecule has 0 bridgehead atoms. The Morgan fingerprint density at radius 3 is 2.80 bits per heavy atom. The van der Waals surface area contributed by atoms with Crippen molar-refractivity contribution < 1.29 is 9.26 Å². The van der Waals surface area contributed by atoms with Crippen LogP contribution in [-0.4, -0.2) is 17.5 Å². The molecule has 1 aliphatic rings. The summed E-state index contributed by atoms with van der Waals surface area (Å²) in [6.07, 6.45) is 0. The van der Waals surface area contributed by atoms with E-state index in [0.717, 1.165) is 34.6 Å². The van der Waals surface area contributed by atoms with Gasteiger partial charge in [0.25, 0.3) is 0 Å². The normalized spacial score (nSPS) is 18.7. The summed E-state index contributed by atoms with van der Waals surface area (Å²) in [7, 11) is 0. The van der Waals surface area contributed by atoms with E-state index in [2.05, 4.69) is 17.3 Å². The number of aromatic nitrogens is 1. The van der Waals surface area contributed by atoms with Crippen LogP contribution in [0.3, 0.4) is 0 Å². The molecule has 20 heavy (non-hydrogen) atoms. The Morgan fingerprint density at radius 1 is 1.10 bits per heavy atom. The molecule has 1 aliphatic heterocycles. The van der Waals surface area contributed by atoms with Gasteiger partial charge in [0.2, 0.25) is 0 Å². The Hall–Kier alpha value is -1.78. The number of benzene rings is 2. The third-order valence-electron chi connectivity index (χ3n) is 3.43. The zero-order valence-corrected chi connectivity index (χ0v) is 11.6. The van der Waals surface area contributed by atoms with Crippen molar-refractivity contribution in [2.75, 3.05) is 12.4 Å². The van der Waals surface area contributed by atoms with Crippen molar-refractivity contribution in [3.05, 3.63) is 54.1 Å². The van der Waals surface area contributed by atoms with Gasteiger partial charge in [-0.1, -0.05) is 41.6 Å². The van der Waals surface area contributed by atoms with E-state index < -0.39 is 0 Å². The topological polar surface area (TPSA) is 35.3 Å². The summed E-state index contributed by atoms with van der Waals surface area (Å²) in [6, 6.07) is 16.3. The second-order valence-corrected chi connectivity index (χ2v) is 5.90. The van der Waals surface area contributed by atoms with Gasteiger partial charge in [-0.15, -0.1) is 11.8 Å². The van der Waals surface area contributed by atoms with E-state index in [1.807, 2.05) is 48.2 Å². The molecule has 0 N–H and O–H groups in total. The highest BCUT2D eigenvalue weighted by molar-refractivity contribution is 7.99. The molecular weight excluding hydrogens is 270 g/mol. The minimum atomic E-state index is 0.137. The van der Waals surface area contributed by atoms with Gasteiger partial charge < -0.3 is 9.26 Å². The maximum absolute atomic E-state index is 5.72. The molecule has 0 radical (unpaired) electrons. The molecule has 2 aromatic carbocycles. The van der Waals surface area contributed by atoms with Gasteiger partial charge in [0, 0.05) is 11.3 Å². The second-order valence-electron chi connectivity index (χ2n) is 4.73. The molecule has 2 heterocycles. The Bertz CT molecular complexity index is 733. The van der Waals surface area contributed by atoms with E-state index in [-0.39, 0.29) is 5.44 Å². The Morgan fingerprint density at radius 2 is 2.00 bits per heavy atom. The maximum Gasteiger partial charge on any atom is 0.174 e. The zero-order chi connectivity index (χ0) is 13.4. The van der Waals surface area contributed by atoms with Gasteiger partial charge in [0.05, 0.1) is 12.0 Å². The first kappa shape index (κ1) is 12.0. The fourth-order valence-corrected chi connectivity index (χ4v) is 3.39. The zero-order valence-electron chi connectivity index (χ0n) is 10.8. The molecule has 4 rings (SSSR count). The van der Waals surface area contributed by atoms with Crippen LogP contribution >= 0.6 is 11.8 Å². The van der Waals surface area contributed by atoms with Crippen LogP contribution < -0.4 is 0 Å². The molecule has 1 unspecified atom stereocenters. The highest BCUT2D eigenvalue weighted by Crippen LogP contribution is 2.37. The van der Waals surface area contributed by atoms with Crippen molar-refractivity contribution in [3.63, 3.8) is 0 Å². The van der Waals surface area contributed by atoms with Crippen molar-refractivity contribution in [3.8, 4) is 11.3 Å². The number of fused-ring (bicyclic) bond motifs is 1. The molecule has 0 spiro atoms. The first-order valence-electron chi connectivity index (χ1n) is 6.60. The van der Waals surface area contributed by atoms with Crippen molar-refractivity contribution in [1.82, 2.24) is 5.16 Å². The molecule has 100 valence electrons. The third kappa shape index (κ3) is 2.01. The molecule has 0 amide bonds. The molecular formula is C16H13NO2S. The van der Waals surface area contributed by atoms with Gasteiger partial charge in [-0.2, -0.15) is 0 Å². The summed E-state index contributed by atoms with van der Waals surface area (Å²) in [5.41, 5.74) is 3.25. The summed E-state index contributed by atoms with van der Waals surface area (Å²) >= 11 is 1.84. The van der Waals surface area contributed by atoms with Crippen molar-refractivity contribution in [2.24, 2.45) is 0 Å². The smallest absolute Gasteiger partial charge is 0.174 e. The Balaban J connectivity index is 1.84. The van der Waals surface area contributed by atoms with Crippen molar-refractivity contribution in [1.29, 1.82) is 0 Å². The highest BCUT2D eigenvalue weighted by Gasteiger charge is 2.20. The van der Waals surface area contributed by atoms with Crippen molar-refractivity contribution in [2.45, 2.75) is 5.44 Å². The lowest BCUT2D eigenvalue weighted by Gasteiger charge is -2.08. The number of thioether (sulfide) groups is 1. The summed E-state index contributed by atoms with van der Waals surface area (Å²) in [4.78, 5) is 0. The van der Waals surface area contributed by atoms with Gasteiger partial charge in [0.15, 0.2) is 5.76 Å². The fourth-order valence-electron chi connectivity index (χ4n) is 2.45. The molecule has 3 aromatic rings. The minimum Gasteiger partial charge on any atom is -0.362 e. The monoisotopic (exact) mass is 283 g/mol. The Labute approximate surface area is 120 Å².